The molecule has 3 nitrogen and oxygen atoms in total. The molecule has 2 atom stereocenters. The first-order valence-corrected chi connectivity index (χ1v) is 8.65. The van der Waals surface area contributed by atoms with Gasteiger partial charge in [-0.2, -0.15) is 12.6 Å². The molecule has 0 bridgehead atoms. The second kappa shape index (κ2) is 7.66. The highest BCUT2D eigenvalue weighted by Crippen LogP contribution is 2.16. The van der Waals surface area contributed by atoms with E-state index in [-0.39, 0.29) is 18.0 Å². The minimum absolute atomic E-state index is 0.0483. The molecular formula is C19H22N2OS. The van der Waals surface area contributed by atoms with Gasteiger partial charge in [0.25, 0.3) is 0 Å². The summed E-state index contributed by atoms with van der Waals surface area (Å²) in [6.07, 6.45) is 1.55. The fraction of sp³-hybridized carbons (Fsp3) is 0.316. The molecule has 3 rings (SSSR count). The predicted molar refractivity (Wildman–Crippen MR) is 96.7 cm³/mol. The summed E-state index contributed by atoms with van der Waals surface area (Å²) in [6.45, 7) is 0.748. The Morgan fingerprint density at radius 3 is 2.57 bits per heavy atom. The molecule has 1 aliphatic rings. The lowest BCUT2D eigenvalue weighted by molar-refractivity contribution is -0.123. The SMILES string of the molecule is O=C(N[C@@H](CS)Cc1ccccc1)C1Cc2ccccc2CN1. The van der Waals surface area contributed by atoms with Gasteiger partial charge in [0.15, 0.2) is 0 Å². The van der Waals surface area contributed by atoms with Crippen molar-refractivity contribution in [3.8, 4) is 0 Å². The first-order chi connectivity index (χ1) is 11.3. The number of hydrogen-bond donors (Lipinski definition) is 3. The zero-order valence-electron chi connectivity index (χ0n) is 13.0. The predicted octanol–water partition coefficient (Wildman–Crippen LogP) is 2.36. The molecule has 2 N–H and O–H groups in total. The minimum Gasteiger partial charge on any atom is -0.351 e. The van der Waals surface area contributed by atoms with Crippen LogP contribution in [0.4, 0.5) is 0 Å². The summed E-state index contributed by atoms with van der Waals surface area (Å²) in [7, 11) is 0. The number of thiol groups is 1. The molecule has 120 valence electrons. The van der Waals surface area contributed by atoms with Gasteiger partial charge in [-0.15, -0.1) is 0 Å². The van der Waals surface area contributed by atoms with Crippen molar-refractivity contribution in [2.75, 3.05) is 5.75 Å². The summed E-state index contributed by atoms with van der Waals surface area (Å²) in [5.41, 5.74) is 3.76. The monoisotopic (exact) mass is 326 g/mol. The lowest BCUT2D eigenvalue weighted by atomic mass is 9.95. The minimum atomic E-state index is -0.164. The number of amides is 1. The molecule has 2 aromatic carbocycles. The first-order valence-electron chi connectivity index (χ1n) is 8.01. The highest BCUT2D eigenvalue weighted by molar-refractivity contribution is 7.80. The molecule has 4 heteroatoms. The Morgan fingerprint density at radius 2 is 1.83 bits per heavy atom. The number of benzene rings is 2. The molecule has 1 heterocycles. The molecule has 23 heavy (non-hydrogen) atoms. The van der Waals surface area contributed by atoms with E-state index < -0.39 is 0 Å². The number of hydrogen-bond acceptors (Lipinski definition) is 3. The molecule has 1 aliphatic heterocycles. The van der Waals surface area contributed by atoms with Crippen LogP contribution in [0.2, 0.25) is 0 Å². The molecule has 0 aliphatic carbocycles. The van der Waals surface area contributed by atoms with Gasteiger partial charge in [-0.25, -0.2) is 0 Å². The highest BCUT2D eigenvalue weighted by atomic mass is 32.1. The van der Waals surface area contributed by atoms with Crippen LogP contribution in [0.5, 0.6) is 0 Å². The van der Waals surface area contributed by atoms with Gasteiger partial charge in [0.05, 0.1) is 6.04 Å². The molecule has 0 aromatic heterocycles. The lowest BCUT2D eigenvalue weighted by Gasteiger charge is -2.27. The molecule has 2 aromatic rings. The Hall–Kier alpha value is -1.78. The molecular weight excluding hydrogens is 304 g/mol. The van der Waals surface area contributed by atoms with Gasteiger partial charge in [0.2, 0.25) is 5.91 Å². The van der Waals surface area contributed by atoms with Crippen LogP contribution in [0.1, 0.15) is 16.7 Å². The second-order valence-electron chi connectivity index (χ2n) is 5.98. The second-order valence-corrected chi connectivity index (χ2v) is 6.35. The van der Waals surface area contributed by atoms with Gasteiger partial charge in [0, 0.05) is 18.3 Å². The lowest BCUT2D eigenvalue weighted by Crippen LogP contribution is -2.51. The molecule has 0 radical (unpaired) electrons. The summed E-state index contributed by atoms with van der Waals surface area (Å²) in [5.74, 6) is 0.693. The van der Waals surface area contributed by atoms with Crippen LogP contribution in [0.3, 0.4) is 0 Å². The van der Waals surface area contributed by atoms with Crippen LogP contribution < -0.4 is 10.6 Å². The zero-order chi connectivity index (χ0) is 16.1. The van der Waals surface area contributed by atoms with E-state index in [1.54, 1.807) is 0 Å². The normalized spacial score (nSPS) is 18.0. The average molecular weight is 326 g/mol. The Kier molecular flexibility index (Phi) is 5.36. The fourth-order valence-corrected chi connectivity index (χ4v) is 3.22. The van der Waals surface area contributed by atoms with Gasteiger partial charge >= 0.3 is 0 Å². The van der Waals surface area contributed by atoms with Gasteiger partial charge in [0.1, 0.15) is 0 Å². The summed E-state index contributed by atoms with van der Waals surface area (Å²) in [6, 6.07) is 18.4. The van der Waals surface area contributed by atoms with Crippen molar-refractivity contribution in [3.05, 3.63) is 71.3 Å². The standard InChI is InChI=1S/C19H22N2OS/c22-19(18-11-15-8-4-5-9-16(15)12-20-18)21-17(13-23)10-14-6-2-1-3-7-14/h1-9,17-18,20,23H,10-13H2,(H,21,22)/t17-,18?/m1/s1. The van der Waals surface area contributed by atoms with Crippen LogP contribution in [0, 0.1) is 0 Å². The van der Waals surface area contributed by atoms with Crippen molar-refractivity contribution in [1.29, 1.82) is 0 Å². The van der Waals surface area contributed by atoms with E-state index in [1.807, 2.05) is 30.3 Å². The van der Waals surface area contributed by atoms with Gasteiger partial charge in [-0.3, -0.25) is 4.79 Å². The topological polar surface area (TPSA) is 41.1 Å². The Bertz CT molecular complexity index is 659. The molecule has 1 amide bonds. The van der Waals surface area contributed by atoms with E-state index in [4.69, 9.17) is 0 Å². The molecule has 0 spiro atoms. The number of nitrogens with one attached hydrogen (secondary N) is 2. The van der Waals surface area contributed by atoms with Crippen molar-refractivity contribution in [2.24, 2.45) is 0 Å². The van der Waals surface area contributed by atoms with Gasteiger partial charge < -0.3 is 10.6 Å². The third-order valence-electron chi connectivity index (χ3n) is 4.29. The van der Waals surface area contributed by atoms with E-state index in [2.05, 4.69) is 47.5 Å². The summed E-state index contributed by atoms with van der Waals surface area (Å²) in [5, 5.41) is 6.47. The van der Waals surface area contributed by atoms with Crippen LogP contribution in [-0.2, 0) is 24.2 Å². The number of fused-ring (bicyclic) bond motifs is 1. The third-order valence-corrected chi connectivity index (χ3v) is 4.73. The Morgan fingerprint density at radius 1 is 1.13 bits per heavy atom. The molecule has 0 fully saturated rings. The van der Waals surface area contributed by atoms with Crippen LogP contribution >= 0.6 is 12.6 Å². The number of carbonyl (C=O) groups is 1. The van der Waals surface area contributed by atoms with Crippen LogP contribution in [-0.4, -0.2) is 23.7 Å². The maximum Gasteiger partial charge on any atom is 0.237 e. The Balaban J connectivity index is 1.60. The molecule has 0 saturated heterocycles. The van der Waals surface area contributed by atoms with E-state index in [0.717, 1.165) is 19.4 Å². The average Bonchev–Trinajstić information content (AvgIpc) is 2.61. The van der Waals surface area contributed by atoms with Crippen molar-refractivity contribution in [3.63, 3.8) is 0 Å². The Labute approximate surface area is 142 Å². The maximum atomic E-state index is 12.6. The number of carbonyl (C=O) groups excluding carboxylic acids is 1. The van der Waals surface area contributed by atoms with Crippen LogP contribution in [0.25, 0.3) is 0 Å². The first kappa shape index (κ1) is 16.1. The molecule has 1 unspecified atom stereocenters. The van der Waals surface area contributed by atoms with Crippen LogP contribution in [0.15, 0.2) is 54.6 Å². The largest absolute Gasteiger partial charge is 0.351 e. The van der Waals surface area contributed by atoms with Crippen molar-refractivity contribution >= 4 is 18.5 Å². The quantitative estimate of drug-likeness (QED) is 0.738. The summed E-state index contributed by atoms with van der Waals surface area (Å²) >= 11 is 4.39. The zero-order valence-corrected chi connectivity index (χ0v) is 13.9. The maximum absolute atomic E-state index is 12.6. The third kappa shape index (κ3) is 4.15. The van der Waals surface area contributed by atoms with E-state index in [0.29, 0.717) is 5.75 Å². The fourth-order valence-electron chi connectivity index (χ4n) is 3.00. The smallest absolute Gasteiger partial charge is 0.237 e. The van der Waals surface area contributed by atoms with Crippen molar-refractivity contribution in [2.45, 2.75) is 31.5 Å². The van der Waals surface area contributed by atoms with E-state index >= 15 is 0 Å². The van der Waals surface area contributed by atoms with Gasteiger partial charge in [-0.05, 0) is 29.5 Å². The van der Waals surface area contributed by atoms with Crippen molar-refractivity contribution < 1.29 is 4.79 Å². The highest BCUT2D eigenvalue weighted by Gasteiger charge is 2.25. The molecule has 0 saturated carbocycles. The van der Waals surface area contributed by atoms with Crippen molar-refractivity contribution in [1.82, 2.24) is 10.6 Å². The number of rotatable bonds is 5. The van der Waals surface area contributed by atoms with E-state index in [1.165, 1.54) is 16.7 Å². The van der Waals surface area contributed by atoms with E-state index in [9.17, 15) is 4.79 Å². The summed E-state index contributed by atoms with van der Waals surface area (Å²) < 4.78 is 0. The van der Waals surface area contributed by atoms with Gasteiger partial charge in [-0.1, -0.05) is 54.6 Å². The summed E-state index contributed by atoms with van der Waals surface area (Å²) in [4.78, 5) is 12.6.